The number of aromatic nitrogens is 2. The maximum atomic E-state index is 13.6. The van der Waals surface area contributed by atoms with E-state index in [0.29, 0.717) is 23.3 Å². The second kappa shape index (κ2) is 8.74. The van der Waals surface area contributed by atoms with Crippen LogP contribution in [-0.2, 0) is 11.3 Å². The molecule has 0 fully saturated rings. The molecule has 0 saturated heterocycles. The van der Waals surface area contributed by atoms with Crippen molar-refractivity contribution in [1.29, 1.82) is 0 Å². The van der Waals surface area contributed by atoms with Crippen LogP contribution in [-0.4, -0.2) is 27.3 Å². The molecule has 150 valence electrons. The fourth-order valence-electron chi connectivity index (χ4n) is 3.69. The molecule has 0 bridgehead atoms. The summed E-state index contributed by atoms with van der Waals surface area (Å²) < 4.78 is 0. The Kier molecular flexibility index (Phi) is 5.70. The lowest BCUT2D eigenvalue weighted by molar-refractivity contribution is -0.132. The standard InChI is InChI=1S/C25H23N3O2/c1-2-28(17-22-26-21-16-10-9-15-20(21)24(29)27-22)25(30)23(18-11-5-3-6-12-18)19-13-7-4-8-14-19/h3-16,23H,2,17H2,1H3,(H,26,27,29). The van der Waals surface area contributed by atoms with E-state index in [1.165, 1.54) is 0 Å². The third-order valence-corrected chi connectivity index (χ3v) is 5.21. The van der Waals surface area contributed by atoms with E-state index >= 15 is 0 Å². The van der Waals surface area contributed by atoms with Crippen molar-refractivity contribution in [2.75, 3.05) is 6.54 Å². The number of para-hydroxylation sites is 1. The minimum absolute atomic E-state index is 0.0225. The van der Waals surface area contributed by atoms with Gasteiger partial charge in [0.05, 0.1) is 23.4 Å². The first kappa shape index (κ1) is 19.6. The highest BCUT2D eigenvalue weighted by Crippen LogP contribution is 2.27. The molecule has 0 radical (unpaired) electrons. The quantitative estimate of drug-likeness (QED) is 0.533. The SMILES string of the molecule is CCN(Cc1nc2ccccc2c(=O)[nH]1)C(=O)C(c1ccccc1)c1ccccc1. The summed E-state index contributed by atoms with van der Waals surface area (Å²) >= 11 is 0. The van der Waals surface area contributed by atoms with E-state index in [1.54, 1.807) is 11.0 Å². The number of benzene rings is 3. The van der Waals surface area contributed by atoms with Gasteiger partial charge in [0.1, 0.15) is 5.82 Å². The molecule has 5 nitrogen and oxygen atoms in total. The van der Waals surface area contributed by atoms with Gasteiger partial charge < -0.3 is 9.88 Å². The number of rotatable bonds is 6. The summed E-state index contributed by atoms with van der Waals surface area (Å²) in [6, 6.07) is 26.8. The van der Waals surface area contributed by atoms with E-state index in [2.05, 4.69) is 9.97 Å². The molecule has 0 saturated carbocycles. The predicted molar refractivity (Wildman–Crippen MR) is 118 cm³/mol. The third kappa shape index (κ3) is 4.01. The summed E-state index contributed by atoms with van der Waals surface area (Å²) in [4.78, 5) is 35.2. The number of H-pyrrole nitrogens is 1. The van der Waals surface area contributed by atoms with E-state index in [-0.39, 0.29) is 18.0 Å². The zero-order chi connectivity index (χ0) is 20.9. The molecule has 1 N–H and O–H groups in total. The minimum atomic E-state index is -0.417. The Morgan fingerprint density at radius 2 is 1.47 bits per heavy atom. The molecule has 1 aromatic heterocycles. The second-order valence-corrected chi connectivity index (χ2v) is 7.14. The summed E-state index contributed by atoms with van der Waals surface area (Å²) in [5, 5.41) is 0.544. The third-order valence-electron chi connectivity index (χ3n) is 5.21. The van der Waals surface area contributed by atoms with Gasteiger partial charge in [-0.1, -0.05) is 72.8 Å². The number of hydrogen-bond donors (Lipinski definition) is 1. The summed E-state index contributed by atoms with van der Waals surface area (Å²) in [5.74, 6) is 0.0407. The van der Waals surface area contributed by atoms with Crippen LogP contribution in [0, 0.1) is 0 Å². The van der Waals surface area contributed by atoms with Gasteiger partial charge in [-0.25, -0.2) is 4.98 Å². The van der Waals surface area contributed by atoms with Gasteiger partial charge in [0.15, 0.2) is 0 Å². The van der Waals surface area contributed by atoms with Crippen molar-refractivity contribution in [3.8, 4) is 0 Å². The smallest absolute Gasteiger partial charge is 0.258 e. The Hall–Kier alpha value is -3.73. The van der Waals surface area contributed by atoms with Gasteiger partial charge in [0, 0.05) is 6.54 Å². The molecule has 1 heterocycles. The Morgan fingerprint density at radius 1 is 0.900 bits per heavy atom. The van der Waals surface area contributed by atoms with Crippen LogP contribution in [0.25, 0.3) is 10.9 Å². The van der Waals surface area contributed by atoms with E-state index in [0.717, 1.165) is 11.1 Å². The normalized spacial score (nSPS) is 11.0. The number of nitrogens with zero attached hydrogens (tertiary/aromatic N) is 2. The highest BCUT2D eigenvalue weighted by molar-refractivity contribution is 5.87. The number of fused-ring (bicyclic) bond motifs is 1. The van der Waals surface area contributed by atoms with Crippen LogP contribution in [0.15, 0.2) is 89.7 Å². The second-order valence-electron chi connectivity index (χ2n) is 7.14. The lowest BCUT2D eigenvalue weighted by atomic mass is 9.90. The lowest BCUT2D eigenvalue weighted by Gasteiger charge is -2.26. The van der Waals surface area contributed by atoms with Crippen molar-refractivity contribution in [2.45, 2.75) is 19.4 Å². The van der Waals surface area contributed by atoms with Crippen LogP contribution >= 0.6 is 0 Å². The van der Waals surface area contributed by atoms with Crippen molar-refractivity contribution < 1.29 is 4.79 Å². The van der Waals surface area contributed by atoms with Gasteiger partial charge in [-0.05, 0) is 30.2 Å². The Morgan fingerprint density at radius 3 is 2.07 bits per heavy atom. The van der Waals surface area contributed by atoms with Gasteiger partial charge in [-0.3, -0.25) is 9.59 Å². The molecule has 0 aliphatic rings. The molecule has 5 heteroatoms. The maximum absolute atomic E-state index is 13.6. The van der Waals surface area contributed by atoms with E-state index in [1.807, 2.05) is 85.8 Å². The lowest BCUT2D eigenvalue weighted by Crippen LogP contribution is -2.36. The van der Waals surface area contributed by atoms with Crippen LogP contribution in [0.1, 0.15) is 29.8 Å². The molecule has 1 amide bonds. The zero-order valence-corrected chi connectivity index (χ0v) is 16.8. The van der Waals surface area contributed by atoms with Crippen LogP contribution in [0.5, 0.6) is 0 Å². The van der Waals surface area contributed by atoms with Crippen molar-refractivity contribution >= 4 is 16.8 Å². The Bertz CT molecular complexity index is 1160. The van der Waals surface area contributed by atoms with Crippen molar-refractivity contribution in [1.82, 2.24) is 14.9 Å². The van der Waals surface area contributed by atoms with E-state index in [4.69, 9.17) is 0 Å². The first-order valence-corrected chi connectivity index (χ1v) is 10.0. The van der Waals surface area contributed by atoms with Crippen molar-refractivity contribution in [3.63, 3.8) is 0 Å². The summed E-state index contributed by atoms with van der Waals surface area (Å²) in [5.41, 5.74) is 2.31. The van der Waals surface area contributed by atoms with Gasteiger partial charge >= 0.3 is 0 Å². The van der Waals surface area contributed by atoms with Gasteiger partial charge in [-0.15, -0.1) is 0 Å². The molecular formula is C25H23N3O2. The number of nitrogens with one attached hydrogen (secondary N) is 1. The number of aromatic amines is 1. The van der Waals surface area contributed by atoms with Crippen molar-refractivity contribution in [2.24, 2.45) is 0 Å². The molecule has 0 atom stereocenters. The van der Waals surface area contributed by atoms with Gasteiger partial charge in [0.25, 0.3) is 5.56 Å². The molecule has 0 unspecified atom stereocenters. The van der Waals surface area contributed by atoms with Crippen LogP contribution in [0.3, 0.4) is 0 Å². The largest absolute Gasteiger partial charge is 0.335 e. The maximum Gasteiger partial charge on any atom is 0.258 e. The van der Waals surface area contributed by atoms with Crippen molar-refractivity contribution in [3.05, 3.63) is 112 Å². The molecule has 0 spiro atoms. The highest BCUT2D eigenvalue weighted by Gasteiger charge is 2.27. The summed E-state index contributed by atoms with van der Waals surface area (Å²) in [6.45, 7) is 2.68. The summed E-state index contributed by atoms with van der Waals surface area (Å²) in [6.07, 6.45) is 0. The Labute approximate surface area is 175 Å². The van der Waals surface area contributed by atoms with Crippen LogP contribution in [0.4, 0.5) is 0 Å². The number of carbonyl (C=O) groups is 1. The van der Waals surface area contributed by atoms with Crippen LogP contribution < -0.4 is 5.56 Å². The molecule has 30 heavy (non-hydrogen) atoms. The molecule has 4 rings (SSSR count). The molecule has 0 aliphatic heterocycles. The molecule has 0 aliphatic carbocycles. The average molecular weight is 397 g/mol. The number of hydrogen-bond acceptors (Lipinski definition) is 3. The fraction of sp³-hybridized carbons (Fsp3) is 0.160. The fourth-order valence-corrected chi connectivity index (χ4v) is 3.69. The first-order chi connectivity index (χ1) is 14.7. The van der Waals surface area contributed by atoms with Gasteiger partial charge in [-0.2, -0.15) is 0 Å². The zero-order valence-electron chi connectivity index (χ0n) is 16.8. The highest BCUT2D eigenvalue weighted by atomic mass is 16.2. The summed E-state index contributed by atoms with van der Waals surface area (Å²) in [7, 11) is 0. The minimum Gasteiger partial charge on any atom is -0.335 e. The number of carbonyl (C=O) groups excluding carboxylic acids is 1. The van der Waals surface area contributed by atoms with E-state index in [9.17, 15) is 9.59 Å². The van der Waals surface area contributed by atoms with Gasteiger partial charge in [0.2, 0.25) is 5.91 Å². The Balaban J connectivity index is 1.69. The van der Waals surface area contributed by atoms with Crippen LogP contribution in [0.2, 0.25) is 0 Å². The van der Waals surface area contributed by atoms with E-state index < -0.39 is 5.92 Å². The predicted octanol–water partition coefficient (Wildman–Crippen LogP) is 4.10. The first-order valence-electron chi connectivity index (χ1n) is 10.0. The average Bonchev–Trinajstić information content (AvgIpc) is 2.79. The monoisotopic (exact) mass is 397 g/mol. The number of amides is 1. The molecule has 3 aromatic carbocycles. The topological polar surface area (TPSA) is 66.1 Å². The number of likely N-dealkylation sites (N-methyl/N-ethyl adjacent to an activating group) is 1. The molecular weight excluding hydrogens is 374 g/mol. The molecule has 4 aromatic rings.